The highest BCUT2D eigenvalue weighted by atomic mass is 19.4. The van der Waals surface area contributed by atoms with Crippen molar-refractivity contribution in [3.8, 4) is 11.4 Å². The molecule has 0 radical (unpaired) electrons. The van der Waals surface area contributed by atoms with E-state index in [1.165, 1.54) is 6.20 Å². The molecule has 36 heavy (non-hydrogen) atoms. The molecule has 3 aromatic rings. The Labute approximate surface area is 204 Å². The second-order valence-corrected chi connectivity index (χ2v) is 8.74. The minimum atomic E-state index is -4.59. The molecule has 5 rings (SSSR count). The van der Waals surface area contributed by atoms with Gasteiger partial charge >= 0.3 is 6.18 Å². The predicted octanol–water partition coefficient (Wildman–Crippen LogP) is 3.23. The number of aryl methyl sites for hydroxylation is 1. The quantitative estimate of drug-likeness (QED) is 0.567. The van der Waals surface area contributed by atoms with Crippen LogP contribution in [0.1, 0.15) is 12.1 Å². The highest BCUT2D eigenvalue weighted by Crippen LogP contribution is 2.43. The first-order valence-electron chi connectivity index (χ1n) is 11.1. The number of nitrogens with one attached hydrogen (secondary N) is 1. The molecule has 1 fully saturated rings. The van der Waals surface area contributed by atoms with E-state index in [0.717, 1.165) is 11.4 Å². The van der Waals surface area contributed by atoms with E-state index in [9.17, 15) is 18.0 Å². The van der Waals surface area contributed by atoms with Crippen LogP contribution in [0.5, 0.6) is 5.75 Å². The Morgan fingerprint density at radius 2 is 2.06 bits per heavy atom. The SMILES string of the molecule is COc1cc(Nc2ncc3c(n2)N(C)C2(CCOC2)C(=O)N3CC(F)(F)F)ccc1-n1cnc(C)c1. The third-order valence-corrected chi connectivity index (χ3v) is 6.41. The summed E-state index contributed by atoms with van der Waals surface area (Å²) >= 11 is 0. The van der Waals surface area contributed by atoms with Gasteiger partial charge in [0.1, 0.15) is 23.5 Å². The number of rotatable bonds is 5. The van der Waals surface area contributed by atoms with Crippen LogP contribution in [0.3, 0.4) is 0 Å². The van der Waals surface area contributed by atoms with Crippen molar-refractivity contribution in [1.29, 1.82) is 0 Å². The van der Waals surface area contributed by atoms with E-state index in [1.807, 2.05) is 23.8 Å². The molecule has 2 aliphatic heterocycles. The number of ether oxygens (including phenoxy) is 2. The number of halogens is 3. The van der Waals surface area contributed by atoms with E-state index in [-0.39, 0.29) is 37.1 Å². The van der Waals surface area contributed by atoms with Crippen molar-refractivity contribution in [2.24, 2.45) is 0 Å². The first-order valence-corrected chi connectivity index (χ1v) is 11.1. The molecule has 2 aromatic heterocycles. The van der Waals surface area contributed by atoms with Crippen LogP contribution in [0, 0.1) is 6.92 Å². The zero-order valence-corrected chi connectivity index (χ0v) is 19.8. The highest BCUT2D eigenvalue weighted by Gasteiger charge is 2.54. The van der Waals surface area contributed by atoms with Gasteiger partial charge in [-0.05, 0) is 19.1 Å². The van der Waals surface area contributed by atoms with Gasteiger partial charge in [-0.15, -0.1) is 0 Å². The van der Waals surface area contributed by atoms with Gasteiger partial charge in [0.25, 0.3) is 5.91 Å². The summed E-state index contributed by atoms with van der Waals surface area (Å²) < 4.78 is 52.9. The monoisotopic (exact) mass is 503 g/mol. The van der Waals surface area contributed by atoms with Crippen molar-refractivity contribution in [3.05, 3.63) is 42.6 Å². The third-order valence-electron chi connectivity index (χ3n) is 6.41. The molecule has 1 N–H and O–H groups in total. The minimum Gasteiger partial charge on any atom is -0.494 e. The third kappa shape index (κ3) is 4.08. The fourth-order valence-corrected chi connectivity index (χ4v) is 4.55. The van der Waals surface area contributed by atoms with E-state index in [4.69, 9.17) is 9.47 Å². The topological polar surface area (TPSA) is 97.6 Å². The molecule has 1 spiro atoms. The number of carbonyl (C=O) groups excluding carboxylic acids is 1. The smallest absolute Gasteiger partial charge is 0.406 e. The standard InChI is InChI=1S/C23H24F3N7O3/c1-14-10-32(13-28-14)16-5-4-15(8-18(16)35-3)29-21-27-9-17-19(30-21)31(2)22(6-7-36-12-22)20(34)33(17)11-23(24,25)26/h4-5,8-10,13H,6-7,11-12H2,1-3H3,(H,27,29,30). The van der Waals surface area contributed by atoms with Gasteiger partial charge in [0, 0.05) is 38.0 Å². The predicted molar refractivity (Wildman–Crippen MR) is 125 cm³/mol. The molecule has 1 unspecified atom stereocenters. The largest absolute Gasteiger partial charge is 0.494 e. The summed E-state index contributed by atoms with van der Waals surface area (Å²) in [5.41, 5.74) is 0.977. The molecule has 13 heteroatoms. The average molecular weight is 503 g/mol. The number of hydrogen-bond donors (Lipinski definition) is 1. The molecule has 0 aliphatic carbocycles. The molecule has 10 nitrogen and oxygen atoms in total. The molecule has 1 saturated heterocycles. The Bertz CT molecular complexity index is 1300. The summed E-state index contributed by atoms with van der Waals surface area (Å²) in [7, 11) is 3.18. The number of anilines is 4. The summed E-state index contributed by atoms with van der Waals surface area (Å²) in [4.78, 5) is 28.4. The zero-order chi connectivity index (χ0) is 25.7. The van der Waals surface area contributed by atoms with E-state index >= 15 is 0 Å². The van der Waals surface area contributed by atoms with E-state index in [1.54, 1.807) is 37.5 Å². The lowest BCUT2D eigenvalue weighted by Gasteiger charge is -2.46. The van der Waals surface area contributed by atoms with Crippen LogP contribution < -0.4 is 19.9 Å². The van der Waals surface area contributed by atoms with Crippen LogP contribution in [0.2, 0.25) is 0 Å². The van der Waals surface area contributed by atoms with Crippen LogP contribution in [-0.4, -0.2) is 71.1 Å². The summed E-state index contributed by atoms with van der Waals surface area (Å²) in [6.07, 6.45) is 0.443. The maximum atomic E-state index is 13.4. The molecule has 1 amide bonds. The van der Waals surface area contributed by atoms with Gasteiger partial charge < -0.3 is 24.3 Å². The van der Waals surface area contributed by atoms with Crippen molar-refractivity contribution < 1.29 is 27.4 Å². The van der Waals surface area contributed by atoms with Crippen LogP contribution in [0.25, 0.3) is 5.69 Å². The van der Waals surface area contributed by atoms with Gasteiger partial charge in [-0.2, -0.15) is 18.2 Å². The second kappa shape index (κ2) is 8.66. The number of aromatic nitrogens is 4. The maximum Gasteiger partial charge on any atom is 0.406 e. The molecule has 0 saturated carbocycles. The summed E-state index contributed by atoms with van der Waals surface area (Å²) in [5, 5.41) is 3.08. The zero-order valence-electron chi connectivity index (χ0n) is 19.8. The molecule has 2 aliphatic rings. The number of likely N-dealkylation sites (N-methyl/N-ethyl adjacent to an activating group) is 1. The molecule has 1 atom stereocenters. The fourth-order valence-electron chi connectivity index (χ4n) is 4.55. The Balaban J connectivity index is 1.49. The number of amides is 1. The summed E-state index contributed by atoms with van der Waals surface area (Å²) in [6.45, 7) is 0.699. The highest BCUT2D eigenvalue weighted by molar-refractivity contribution is 6.08. The number of hydrogen-bond acceptors (Lipinski definition) is 8. The van der Waals surface area contributed by atoms with Gasteiger partial charge in [0.15, 0.2) is 5.82 Å². The van der Waals surface area contributed by atoms with Crippen molar-refractivity contribution in [1.82, 2.24) is 19.5 Å². The molecule has 0 bridgehead atoms. The van der Waals surface area contributed by atoms with Gasteiger partial charge in [-0.1, -0.05) is 0 Å². The van der Waals surface area contributed by atoms with E-state index in [2.05, 4.69) is 20.3 Å². The number of nitrogens with zero attached hydrogens (tertiary/aromatic N) is 6. The minimum absolute atomic E-state index is 0.00805. The lowest BCUT2D eigenvalue weighted by molar-refractivity contribution is -0.136. The van der Waals surface area contributed by atoms with Gasteiger partial charge in [-0.3, -0.25) is 9.69 Å². The van der Waals surface area contributed by atoms with Gasteiger partial charge in [-0.25, -0.2) is 9.97 Å². The van der Waals surface area contributed by atoms with Crippen LogP contribution in [-0.2, 0) is 9.53 Å². The van der Waals surface area contributed by atoms with Gasteiger partial charge in [0.05, 0.1) is 37.6 Å². The summed E-state index contributed by atoms with van der Waals surface area (Å²) in [5.74, 6) is 0.256. The molecular formula is C23H24F3N7O3. The Kier molecular flexibility index (Phi) is 5.74. The summed E-state index contributed by atoms with van der Waals surface area (Å²) in [6, 6.07) is 5.38. The number of fused-ring (bicyclic) bond motifs is 1. The molecule has 4 heterocycles. The fraction of sp³-hybridized carbons (Fsp3) is 0.391. The Morgan fingerprint density at radius 3 is 2.69 bits per heavy atom. The van der Waals surface area contributed by atoms with Crippen molar-refractivity contribution >= 4 is 29.0 Å². The number of carbonyl (C=O) groups is 1. The average Bonchev–Trinajstić information content (AvgIpc) is 3.50. The first kappa shape index (κ1) is 23.9. The Hall–Kier alpha value is -3.87. The van der Waals surface area contributed by atoms with Crippen molar-refractivity contribution in [3.63, 3.8) is 0 Å². The van der Waals surface area contributed by atoms with Gasteiger partial charge in [0.2, 0.25) is 5.95 Å². The Morgan fingerprint density at radius 1 is 1.25 bits per heavy atom. The van der Waals surface area contributed by atoms with E-state index < -0.39 is 24.2 Å². The second-order valence-electron chi connectivity index (χ2n) is 8.74. The number of imidazole rings is 1. The molecule has 190 valence electrons. The van der Waals surface area contributed by atoms with Crippen LogP contribution in [0.4, 0.5) is 36.3 Å². The maximum absolute atomic E-state index is 13.4. The van der Waals surface area contributed by atoms with Crippen molar-refractivity contribution in [2.75, 3.05) is 49.0 Å². The molecule has 1 aromatic carbocycles. The lowest BCUT2D eigenvalue weighted by atomic mass is 9.91. The lowest BCUT2D eigenvalue weighted by Crippen LogP contribution is -2.64. The number of benzene rings is 1. The number of alkyl halides is 3. The first-order chi connectivity index (χ1) is 17.1. The van der Waals surface area contributed by atoms with Crippen LogP contribution in [0.15, 0.2) is 36.9 Å². The van der Waals surface area contributed by atoms with Crippen LogP contribution >= 0.6 is 0 Å². The van der Waals surface area contributed by atoms with Crippen molar-refractivity contribution in [2.45, 2.75) is 25.1 Å². The molecular weight excluding hydrogens is 479 g/mol. The number of methoxy groups -OCH3 is 1. The normalized spacial score (nSPS) is 19.7. The van der Waals surface area contributed by atoms with E-state index in [0.29, 0.717) is 16.3 Å².